The van der Waals surface area contributed by atoms with Crippen LogP contribution in [-0.2, 0) is 23.2 Å². The SMILES string of the molecule is Cn1c(C2CCN(C(=O)C3CC3)CC2)nn(CC(=O)NC2CCCCC2)c1=O. The van der Waals surface area contributed by atoms with Crippen LogP contribution in [0.1, 0.15) is 69.5 Å². The van der Waals surface area contributed by atoms with Gasteiger partial charge in [0.2, 0.25) is 11.8 Å². The molecular weight excluding hydrogens is 358 g/mol. The summed E-state index contributed by atoms with van der Waals surface area (Å²) in [4.78, 5) is 39.1. The van der Waals surface area contributed by atoms with Crippen molar-refractivity contribution in [2.75, 3.05) is 13.1 Å². The van der Waals surface area contributed by atoms with Crippen molar-refractivity contribution in [1.29, 1.82) is 0 Å². The maximum Gasteiger partial charge on any atom is 0.346 e. The Morgan fingerprint density at radius 1 is 1.04 bits per heavy atom. The van der Waals surface area contributed by atoms with E-state index < -0.39 is 0 Å². The predicted octanol–water partition coefficient (Wildman–Crippen LogP) is 1.15. The number of amides is 2. The van der Waals surface area contributed by atoms with Crippen LogP contribution in [0.5, 0.6) is 0 Å². The minimum atomic E-state index is -0.245. The van der Waals surface area contributed by atoms with Crippen LogP contribution in [0.25, 0.3) is 0 Å². The van der Waals surface area contributed by atoms with Gasteiger partial charge in [0.05, 0.1) is 0 Å². The molecule has 1 N–H and O–H groups in total. The van der Waals surface area contributed by atoms with Crippen molar-refractivity contribution in [3.8, 4) is 0 Å². The molecule has 8 nitrogen and oxygen atoms in total. The minimum absolute atomic E-state index is 0.0256. The van der Waals surface area contributed by atoms with Crippen molar-refractivity contribution in [2.45, 2.75) is 76.3 Å². The Labute approximate surface area is 165 Å². The Morgan fingerprint density at radius 2 is 1.71 bits per heavy atom. The van der Waals surface area contributed by atoms with Gasteiger partial charge in [0.15, 0.2) is 0 Å². The molecule has 3 fully saturated rings. The van der Waals surface area contributed by atoms with Gasteiger partial charge in [-0.15, -0.1) is 0 Å². The van der Waals surface area contributed by atoms with Crippen LogP contribution in [0.4, 0.5) is 0 Å². The van der Waals surface area contributed by atoms with Gasteiger partial charge in [-0.25, -0.2) is 9.48 Å². The molecule has 8 heteroatoms. The molecule has 2 aliphatic carbocycles. The third-order valence-electron chi connectivity index (χ3n) is 6.44. The quantitative estimate of drug-likeness (QED) is 0.818. The molecule has 0 radical (unpaired) electrons. The molecule has 2 amide bonds. The Kier molecular flexibility index (Phi) is 5.55. The molecule has 0 bridgehead atoms. The first-order chi connectivity index (χ1) is 13.5. The van der Waals surface area contributed by atoms with E-state index in [4.69, 9.17) is 0 Å². The van der Waals surface area contributed by atoms with Gasteiger partial charge in [-0.2, -0.15) is 5.10 Å². The topological polar surface area (TPSA) is 89.2 Å². The zero-order chi connectivity index (χ0) is 19.7. The Hall–Kier alpha value is -2.12. The van der Waals surface area contributed by atoms with E-state index in [2.05, 4.69) is 10.4 Å². The number of rotatable bonds is 5. The largest absolute Gasteiger partial charge is 0.352 e. The fourth-order valence-electron chi connectivity index (χ4n) is 4.57. The molecule has 2 heterocycles. The van der Waals surface area contributed by atoms with E-state index in [1.54, 1.807) is 11.6 Å². The fourth-order valence-corrected chi connectivity index (χ4v) is 4.57. The van der Waals surface area contributed by atoms with E-state index >= 15 is 0 Å². The molecule has 0 unspecified atom stereocenters. The summed E-state index contributed by atoms with van der Waals surface area (Å²) in [7, 11) is 1.72. The molecule has 1 aromatic heterocycles. The summed E-state index contributed by atoms with van der Waals surface area (Å²) in [6.45, 7) is 1.43. The number of hydrogen-bond acceptors (Lipinski definition) is 4. The van der Waals surface area contributed by atoms with Gasteiger partial charge in [0, 0.05) is 38.0 Å². The van der Waals surface area contributed by atoms with Crippen LogP contribution >= 0.6 is 0 Å². The minimum Gasteiger partial charge on any atom is -0.352 e. The highest BCUT2D eigenvalue weighted by Crippen LogP contribution is 2.33. The van der Waals surface area contributed by atoms with E-state index in [0.717, 1.165) is 70.3 Å². The van der Waals surface area contributed by atoms with E-state index in [0.29, 0.717) is 0 Å². The Bertz CT molecular complexity index is 780. The monoisotopic (exact) mass is 389 g/mol. The van der Waals surface area contributed by atoms with Gasteiger partial charge in [-0.3, -0.25) is 14.2 Å². The zero-order valence-corrected chi connectivity index (χ0v) is 16.7. The van der Waals surface area contributed by atoms with Crippen LogP contribution in [0.3, 0.4) is 0 Å². The van der Waals surface area contributed by atoms with Crippen LogP contribution < -0.4 is 11.0 Å². The summed E-state index contributed by atoms with van der Waals surface area (Å²) < 4.78 is 2.85. The fraction of sp³-hybridized carbons (Fsp3) is 0.800. The molecule has 1 aliphatic heterocycles. The van der Waals surface area contributed by atoms with Crippen molar-refractivity contribution in [3.63, 3.8) is 0 Å². The molecule has 1 saturated heterocycles. The molecular formula is C20H31N5O3. The molecule has 28 heavy (non-hydrogen) atoms. The number of likely N-dealkylation sites (tertiary alicyclic amines) is 1. The second-order valence-electron chi connectivity index (χ2n) is 8.63. The standard InChI is InChI=1S/C20H31N5O3/c1-23-18(14-9-11-24(12-10-14)19(27)15-7-8-15)22-25(20(23)28)13-17(26)21-16-5-3-2-4-6-16/h14-16H,2-13H2,1H3,(H,21,26). The molecule has 0 atom stereocenters. The van der Waals surface area contributed by atoms with E-state index in [1.807, 2.05) is 4.90 Å². The number of aromatic nitrogens is 3. The number of piperidine rings is 1. The molecule has 1 aromatic rings. The van der Waals surface area contributed by atoms with Crippen molar-refractivity contribution in [2.24, 2.45) is 13.0 Å². The molecule has 4 rings (SSSR count). The normalized spacial score (nSPS) is 21.7. The van der Waals surface area contributed by atoms with Crippen LogP contribution in [0, 0.1) is 5.92 Å². The smallest absolute Gasteiger partial charge is 0.346 e. The van der Waals surface area contributed by atoms with Gasteiger partial charge in [-0.1, -0.05) is 19.3 Å². The highest BCUT2D eigenvalue weighted by atomic mass is 16.2. The number of nitrogens with zero attached hydrogens (tertiary/aromatic N) is 4. The first-order valence-electron chi connectivity index (χ1n) is 10.7. The average molecular weight is 390 g/mol. The lowest BCUT2D eigenvalue weighted by molar-refractivity contribution is -0.133. The maximum atomic E-state index is 12.5. The van der Waals surface area contributed by atoms with E-state index in [9.17, 15) is 14.4 Å². The van der Waals surface area contributed by atoms with Crippen LogP contribution in [0.15, 0.2) is 4.79 Å². The third-order valence-corrected chi connectivity index (χ3v) is 6.44. The third kappa shape index (κ3) is 4.15. The van der Waals surface area contributed by atoms with Gasteiger partial charge in [0.25, 0.3) is 0 Å². The summed E-state index contributed by atoms with van der Waals surface area (Å²) in [6.07, 6.45) is 9.27. The van der Waals surface area contributed by atoms with Gasteiger partial charge < -0.3 is 10.2 Å². The molecule has 3 aliphatic rings. The number of nitrogens with one attached hydrogen (secondary N) is 1. The molecule has 0 aromatic carbocycles. The lowest BCUT2D eigenvalue weighted by Gasteiger charge is -2.31. The highest BCUT2D eigenvalue weighted by molar-refractivity contribution is 5.81. The molecule has 154 valence electrons. The number of carbonyl (C=O) groups excluding carboxylic acids is 2. The Balaban J connectivity index is 1.36. The van der Waals surface area contributed by atoms with Crippen LogP contribution in [0.2, 0.25) is 0 Å². The first-order valence-corrected chi connectivity index (χ1v) is 10.7. The molecule has 0 spiro atoms. The van der Waals surface area contributed by atoms with Crippen molar-refractivity contribution >= 4 is 11.8 Å². The zero-order valence-electron chi connectivity index (χ0n) is 16.7. The second-order valence-corrected chi connectivity index (χ2v) is 8.63. The number of hydrogen-bond donors (Lipinski definition) is 1. The summed E-state index contributed by atoms with van der Waals surface area (Å²) >= 11 is 0. The number of carbonyl (C=O) groups is 2. The average Bonchev–Trinajstić information content (AvgIpc) is 3.52. The van der Waals surface area contributed by atoms with E-state index in [-0.39, 0.29) is 41.9 Å². The van der Waals surface area contributed by atoms with Crippen molar-refractivity contribution < 1.29 is 9.59 Å². The second kappa shape index (κ2) is 8.09. The Morgan fingerprint density at radius 3 is 2.36 bits per heavy atom. The van der Waals surface area contributed by atoms with Gasteiger partial charge in [0.1, 0.15) is 12.4 Å². The van der Waals surface area contributed by atoms with Gasteiger partial charge in [-0.05, 0) is 38.5 Å². The lowest BCUT2D eigenvalue weighted by Crippen LogP contribution is -2.40. The highest BCUT2D eigenvalue weighted by Gasteiger charge is 2.36. The van der Waals surface area contributed by atoms with Crippen molar-refractivity contribution in [3.05, 3.63) is 16.3 Å². The lowest BCUT2D eigenvalue weighted by atomic mass is 9.95. The van der Waals surface area contributed by atoms with Gasteiger partial charge >= 0.3 is 5.69 Å². The predicted molar refractivity (Wildman–Crippen MR) is 104 cm³/mol. The summed E-state index contributed by atoms with van der Waals surface area (Å²) in [5.41, 5.74) is -0.245. The van der Waals surface area contributed by atoms with Crippen molar-refractivity contribution in [1.82, 2.24) is 24.6 Å². The summed E-state index contributed by atoms with van der Waals surface area (Å²) in [5.74, 6) is 1.29. The molecule has 2 saturated carbocycles. The van der Waals surface area contributed by atoms with E-state index in [1.165, 1.54) is 11.1 Å². The first kappa shape index (κ1) is 19.2. The summed E-state index contributed by atoms with van der Waals surface area (Å²) in [6, 6.07) is 0.230. The van der Waals surface area contributed by atoms with Crippen LogP contribution in [-0.4, -0.2) is 50.2 Å². The maximum absolute atomic E-state index is 12.5. The summed E-state index contributed by atoms with van der Waals surface area (Å²) in [5, 5.41) is 7.53.